The SMILES string of the molecule is COc1ccc(-c2noc(CCCC(=O)NC3CCCCCCC3)n2)cc1. The molecular formula is C21H29N3O3. The number of hydrogen-bond acceptors (Lipinski definition) is 5. The van der Waals surface area contributed by atoms with Crippen molar-refractivity contribution in [3.05, 3.63) is 30.2 Å². The van der Waals surface area contributed by atoms with Gasteiger partial charge in [0.15, 0.2) is 0 Å². The molecule has 2 aromatic rings. The third-order valence-electron chi connectivity index (χ3n) is 5.08. The first-order valence-corrected chi connectivity index (χ1v) is 10.0. The molecule has 0 saturated heterocycles. The number of nitrogens with one attached hydrogen (secondary N) is 1. The Morgan fingerprint density at radius 1 is 1.15 bits per heavy atom. The molecule has 1 saturated carbocycles. The van der Waals surface area contributed by atoms with Gasteiger partial charge in [0.25, 0.3) is 0 Å². The summed E-state index contributed by atoms with van der Waals surface area (Å²) in [5.74, 6) is 2.06. The third kappa shape index (κ3) is 6.08. The maximum absolute atomic E-state index is 12.2. The van der Waals surface area contributed by atoms with Gasteiger partial charge in [0.1, 0.15) is 5.75 Å². The predicted molar refractivity (Wildman–Crippen MR) is 103 cm³/mol. The minimum absolute atomic E-state index is 0.135. The summed E-state index contributed by atoms with van der Waals surface area (Å²) >= 11 is 0. The first-order chi connectivity index (χ1) is 13.2. The first-order valence-electron chi connectivity index (χ1n) is 10.0. The van der Waals surface area contributed by atoms with Crippen molar-refractivity contribution in [3.8, 4) is 17.1 Å². The molecular weight excluding hydrogens is 342 g/mol. The molecule has 1 amide bonds. The summed E-state index contributed by atoms with van der Waals surface area (Å²) in [5.41, 5.74) is 0.882. The van der Waals surface area contributed by atoms with Crippen LogP contribution in [0.3, 0.4) is 0 Å². The van der Waals surface area contributed by atoms with Gasteiger partial charge in [-0.3, -0.25) is 4.79 Å². The number of methoxy groups -OCH3 is 1. The number of carbonyl (C=O) groups excluding carboxylic acids is 1. The van der Waals surface area contributed by atoms with Crippen LogP contribution in [0.25, 0.3) is 11.4 Å². The van der Waals surface area contributed by atoms with Crippen LogP contribution in [0.15, 0.2) is 28.8 Å². The average molecular weight is 371 g/mol. The Morgan fingerprint density at radius 3 is 2.56 bits per heavy atom. The van der Waals surface area contributed by atoms with E-state index in [1.54, 1.807) is 7.11 Å². The number of ether oxygens (including phenoxy) is 1. The molecule has 1 heterocycles. The van der Waals surface area contributed by atoms with E-state index in [0.29, 0.717) is 37.0 Å². The summed E-state index contributed by atoms with van der Waals surface area (Å²) < 4.78 is 10.5. The molecule has 1 fully saturated rings. The fraction of sp³-hybridized carbons (Fsp3) is 0.571. The molecule has 0 aliphatic heterocycles. The minimum atomic E-state index is 0.135. The highest BCUT2D eigenvalue weighted by molar-refractivity contribution is 5.76. The van der Waals surface area contributed by atoms with Crippen molar-refractivity contribution in [1.29, 1.82) is 0 Å². The second-order valence-corrected chi connectivity index (χ2v) is 7.20. The molecule has 6 nitrogen and oxygen atoms in total. The van der Waals surface area contributed by atoms with Crippen molar-refractivity contribution in [2.45, 2.75) is 70.3 Å². The summed E-state index contributed by atoms with van der Waals surface area (Å²) in [6.45, 7) is 0. The smallest absolute Gasteiger partial charge is 0.226 e. The molecule has 27 heavy (non-hydrogen) atoms. The second-order valence-electron chi connectivity index (χ2n) is 7.20. The van der Waals surface area contributed by atoms with E-state index >= 15 is 0 Å². The summed E-state index contributed by atoms with van der Waals surface area (Å²) in [6.07, 6.45) is 10.4. The van der Waals surface area contributed by atoms with E-state index in [1.165, 1.54) is 32.1 Å². The van der Waals surface area contributed by atoms with Gasteiger partial charge in [-0.2, -0.15) is 4.98 Å². The number of rotatable bonds is 7. The van der Waals surface area contributed by atoms with Gasteiger partial charge >= 0.3 is 0 Å². The van der Waals surface area contributed by atoms with Gasteiger partial charge in [-0.15, -0.1) is 0 Å². The van der Waals surface area contributed by atoms with Crippen molar-refractivity contribution in [2.24, 2.45) is 0 Å². The van der Waals surface area contributed by atoms with Crippen LogP contribution in [0, 0.1) is 0 Å². The molecule has 1 N–H and O–H groups in total. The summed E-state index contributed by atoms with van der Waals surface area (Å²) in [6, 6.07) is 7.88. The molecule has 0 radical (unpaired) electrons. The van der Waals surface area contributed by atoms with E-state index < -0.39 is 0 Å². The molecule has 1 aromatic carbocycles. The van der Waals surface area contributed by atoms with Crippen molar-refractivity contribution in [1.82, 2.24) is 15.5 Å². The molecule has 146 valence electrons. The number of benzene rings is 1. The molecule has 0 spiro atoms. The van der Waals surface area contributed by atoms with E-state index in [1.807, 2.05) is 24.3 Å². The summed E-state index contributed by atoms with van der Waals surface area (Å²) in [7, 11) is 1.63. The second kappa shape index (κ2) is 10.1. The topological polar surface area (TPSA) is 77.2 Å². The lowest BCUT2D eigenvalue weighted by atomic mass is 9.96. The van der Waals surface area contributed by atoms with Gasteiger partial charge < -0.3 is 14.6 Å². The Labute approximate surface area is 160 Å². The quantitative estimate of drug-likeness (QED) is 0.785. The number of amides is 1. The van der Waals surface area contributed by atoms with Crippen LogP contribution in [0.5, 0.6) is 5.75 Å². The van der Waals surface area contributed by atoms with Crippen molar-refractivity contribution >= 4 is 5.91 Å². The van der Waals surface area contributed by atoms with Crippen LogP contribution in [0.1, 0.15) is 63.7 Å². The number of aromatic nitrogens is 2. The van der Waals surface area contributed by atoms with Crippen LogP contribution < -0.4 is 10.1 Å². The largest absolute Gasteiger partial charge is 0.497 e. The number of aryl methyl sites for hydroxylation is 1. The van der Waals surface area contributed by atoms with E-state index in [4.69, 9.17) is 9.26 Å². The zero-order valence-electron chi connectivity index (χ0n) is 16.1. The van der Waals surface area contributed by atoms with E-state index in [-0.39, 0.29) is 5.91 Å². The molecule has 3 rings (SSSR count). The van der Waals surface area contributed by atoms with Crippen molar-refractivity contribution < 1.29 is 14.1 Å². The fourth-order valence-electron chi connectivity index (χ4n) is 3.51. The zero-order chi connectivity index (χ0) is 18.9. The van der Waals surface area contributed by atoms with Gasteiger partial charge in [0.05, 0.1) is 7.11 Å². The third-order valence-corrected chi connectivity index (χ3v) is 5.08. The number of hydrogen-bond donors (Lipinski definition) is 1. The monoisotopic (exact) mass is 371 g/mol. The van der Waals surface area contributed by atoms with Gasteiger partial charge in [0, 0.05) is 24.4 Å². The van der Waals surface area contributed by atoms with E-state index in [9.17, 15) is 4.79 Å². The van der Waals surface area contributed by atoms with Gasteiger partial charge in [0.2, 0.25) is 17.6 Å². The van der Waals surface area contributed by atoms with Gasteiger partial charge in [-0.25, -0.2) is 0 Å². The highest BCUT2D eigenvalue weighted by atomic mass is 16.5. The van der Waals surface area contributed by atoms with Crippen LogP contribution in [0.2, 0.25) is 0 Å². The van der Waals surface area contributed by atoms with Crippen molar-refractivity contribution in [3.63, 3.8) is 0 Å². The lowest BCUT2D eigenvalue weighted by Gasteiger charge is -2.20. The maximum Gasteiger partial charge on any atom is 0.226 e. The van der Waals surface area contributed by atoms with E-state index in [2.05, 4.69) is 15.5 Å². The average Bonchev–Trinajstić information content (AvgIpc) is 3.13. The Kier molecular flexibility index (Phi) is 7.25. The van der Waals surface area contributed by atoms with Crippen LogP contribution in [-0.2, 0) is 11.2 Å². The molecule has 0 unspecified atom stereocenters. The lowest BCUT2D eigenvalue weighted by molar-refractivity contribution is -0.122. The van der Waals surface area contributed by atoms with Crippen LogP contribution in [0.4, 0.5) is 0 Å². The number of carbonyl (C=O) groups is 1. The molecule has 1 aromatic heterocycles. The highest BCUT2D eigenvalue weighted by Crippen LogP contribution is 2.20. The number of nitrogens with zero attached hydrogens (tertiary/aromatic N) is 2. The minimum Gasteiger partial charge on any atom is -0.497 e. The lowest BCUT2D eigenvalue weighted by Crippen LogP contribution is -2.35. The Balaban J connectivity index is 1.42. The summed E-state index contributed by atoms with van der Waals surface area (Å²) in [5, 5.41) is 7.22. The summed E-state index contributed by atoms with van der Waals surface area (Å²) in [4.78, 5) is 16.6. The molecule has 0 atom stereocenters. The first kappa shape index (κ1) is 19.4. The van der Waals surface area contributed by atoms with E-state index in [0.717, 1.165) is 24.2 Å². The van der Waals surface area contributed by atoms with Gasteiger partial charge in [-0.1, -0.05) is 37.3 Å². The Hall–Kier alpha value is -2.37. The standard InChI is InChI=1S/C21H29N3O3/c1-26-18-14-12-16(13-15-18)21-23-20(27-24-21)11-7-10-19(25)22-17-8-5-3-2-4-6-9-17/h12-15,17H,2-11H2,1H3,(H,22,25). The van der Waals surface area contributed by atoms with Gasteiger partial charge in [-0.05, 0) is 43.5 Å². The highest BCUT2D eigenvalue weighted by Gasteiger charge is 2.14. The molecule has 6 heteroatoms. The van der Waals surface area contributed by atoms with Crippen molar-refractivity contribution in [2.75, 3.05) is 7.11 Å². The zero-order valence-corrected chi connectivity index (χ0v) is 16.1. The Morgan fingerprint density at radius 2 is 1.85 bits per heavy atom. The molecule has 0 bridgehead atoms. The normalized spacial score (nSPS) is 15.7. The maximum atomic E-state index is 12.2. The van der Waals surface area contributed by atoms with Crippen LogP contribution >= 0.6 is 0 Å². The van der Waals surface area contributed by atoms with Crippen LogP contribution in [-0.4, -0.2) is 29.2 Å². The molecule has 1 aliphatic rings. The predicted octanol–water partition coefficient (Wildman–Crippen LogP) is 4.30. The fourth-order valence-corrected chi connectivity index (χ4v) is 3.51. The molecule has 1 aliphatic carbocycles. The Bertz CT molecular complexity index is 704.